The van der Waals surface area contributed by atoms with E-state index in [1.807, 2.05) is 7.05 Å². The first kappa shape index (κ1) is 21.1. The molecule has 0 amide bonds. The quantitative estimate of drug-likeness (QED) is 0.377. The Hall–Kier alpha value is -1.22. The van der Waals surface area contributed by atoms with Gasteiger partial charge in [-0.15, -0.1) is 24.0 Å². The van der Waals surface area contributed by atoms with Gasteiger partial charge in [0.05, 0.1) is 14.2 Å². The van der Waals surface area contributed by atoms with E-state index < -0.39 is 0 Å². The first-order valence-electron chi connectivity index (χ1n) is 9.08. The molecule has 2 unspecified atom stereocenters. The highest BCUT2D eigenvalue weighted by molar-refractivity contribution is 14.0. The molecule has 146 valence electrons. The maximum absolute atomic E-state index is 5.44. The molecule has 26 heavy (non-hydrogen) atoms. The van der Waals surface area contributed by atoms with E-state index in [4.69, 9.17) is 9.47 Å². The zero-order valence-corrected chi connectivity index (χ0v) is 18.5. The van der Waals surface area contributed by atoms with E-state index in [1.165, 1.54) is 17.5 Å². The molecular formula is C19H31IN4O2. The highest BCUT2D eigenvalue weighted by Crippen LogP contribution is 2.33. The Labute approximate surface area is 173 Å². The Morgan fingerprint density at radius 3 is 2.46 bits per heavy atom. The predicted octanol–water partition coefficient (Wildman–Crippen LogP) is 2.25. The van der Waals surface area contributed by atoms with Gasteiger partial charge in [-0.1, -0.05) is 6.92 Å². The monoisotopic (exact) mass is 474 g/mol. The summed E-state index contributed by atoms with van der Waals surface area (Å²) in [5.41, 5.74) is 2.69. The van der Waals surface area contributed by atoms with E-state index in [1.54, 1.807) is 14.2 Å². The fourth-order valence-electron chi connectivity index (χ4n) is 3.36. The van der Waals surface area contributed by atoms with Crippen molar-refractivity contribution in [3.8, 4) is 11.5 Å². The van der Waals surface area contributed by atoms with Gasteiger partial charge in [0.1, 0.15) is 0 Å². The van der Waals surface area contributed by atoms with Gasteiger partial charge in [-0.25, -0.2) is 0 Å². The van der Waals surface area contributed by atoms with Crippen LogP contribution in [0.15, 0.2) is 17.1 Å². The van der Waals surface area contributed by atoms with E-state index in [2.05, 4.69) is 39.6 Å². The number of guanidine groups is 1. The Balaban J connectivity index is 0.00000243. The number of halogens is 1. The molecular weight excluding hydrogens is 443 g/mol. The number of rotatable bonds is 6. The van der Waals surface area contributed by atoms with Crippen LogP contribution in [0.3, 0.4) is 0 Å². The third-order valence-corrected chi connectivity index (χ3v) is 5.17. The van der Waals surface area contributed by atoms with Crippen LogP contribution in [0.4, 0.5) is 0 Å². The van der Waals surface area contributed by atoms with E-state index in [0.29, 0.717) is 6.04 Å². The summed E-state index contributed by atoms with van der Waals surface area (Å²) in [5, 5.41) is 6.89. The van der Waals surface area contributed by atoms with Gasteiger partial charge in [-0.2, -0.15) is 0 Å². The van der Waals surface area contributed by atoms with E-state index in [-0.39, 0.29) is 24.0 Å². The van der Waals surface area contributed by atoms with Crippen molar-refractivity contribution in [1.82, 2.24) is 15.5 Å². The molecule has 2 atom stereocenters. The molecule has 0 radical (unpaired) electrons. The number of hydrogen-bond donors (Lipinski definition) is 2. The number of nitrogens with one attached hydrogen (secondary N) is 2. The lowest BCUT2D eigenvalue weighted by Gasteiger charge is -2.29. The second-order valence-corrected chi connectivity index (χ2v) is 6.96. The fourth-order valence-corrected chi connectivity index (χ4v) is 3.36. The van der Waals surface area contributed by atoms with Crippen molar-refractivity contribution in [2.75, 3.05) is 40.9 Å². The molecule has 1 aliphatic carbocycles. The number of benzene rings is 1. The molecule has 7 heteroatoms. The molecule has 1 heterocycles. The number of nitrogens with zero attached hydrogens (tertiary/aromatic N) is 2. The minimum atomic E-state index is 0. The molecule has 2 N–H and O–H groups in total. The molecule has 1 saturated carbocycles. The van der Waals surface area contributed by atoms with Gasteiger partial charge < -0.3 is 20.1 Å². The Morgan fingerprint density at radius 1 is 1.23 bits per heavy atom. The van der Waals surface area contributed by atoms with Crippen LogP contribution in [0.5, 0.6) is 11.5 Å². The molecule has 1 fully saturated rings. The average Bonchev–Trinajstić information content (AvgIpc) is 3.34. The van der Waals surface area contributed by atoms with E-state index >= 15 is 0 Å². The van der Waals surface area contributed by atoms with Crippen LogP contribution in [0.25, 0.3) is 0 Å². The zero-order chi connectivity index (χ0) is 17.8. The first-order chi connectivity index (χ1) is 12.1. The number of methoxy groups -OCH3 is 2. The van der Waals surface area contributed by atoms with Crippen molar-refractivity contribution in [1.29, 1.82) is 0 Å². The minimum Gasteiger partial charge on any atom is -0.493 e. The van der Waals surface area contributed by atoms with Gasteiger partial charge in [-0.05, 0) is 42.0 Å². The Kier molecular flexibility index (Phi) is 7.82. The van der Waals surface area contributed by atoms with Crippen molar-refractivity contribution in [3.63, 3.8) is 0 Å². The van der Waals surface area contributed by atoms with Crippen LogP contribution in [0.2, 0.25) is 0 Å². The SMILES string of the molecule is CN=C(NCCN1CCc2cc(OC)c(OC)cc2C1)NC1CC1C.I. The van der Waals surface area contributed by atoms with Crippen molar-refractivity contribution in [2.45, 2.75) is 32.4 Å². The summed E-state index contributed by atoms with van der Waals surface area (Å²) < 4.78 is 10.8. The number of fused-ring (bicyclic) bond motifs is 1. The predicted molar refractivity (Wildman–Crippen MR) is 116 cm³/mol. The number of hydrogen-bond acceptors (Lipinski definition) is 4. The summed E-state index contributed by atoms with van der Waals surface area (Å²) in [6.45, 7) is 6.16. The summed E-state index contributed by atoms with van der Waals surface area (Å²) in [6.07, 6.45) is 2.29. The molecule has 3 rings (SSSR count). The molecule has 1 aliphatic heterocycles. The summed E-state index contributed by atoms with van der Waals surface area (Å²) in [7, 11) is 5.21. The second-order valence-electron chi connectivity index (χ2n) is 6.96. The van der Waals surface area contributed by atoms with E-state index in [0.717, 1.165) is 56.0 Å². The summed E-state index contributed by atoms with van der Waals surface area (Å²) in [5.74, 6) is 3.31. The number of aliphatic imine (C=N–C) groups is 1. The second kappa shape index (κ2) is 9.64. The zero-order valence-electron chi connectivity index (χ0n) is 16.2. The highest BCUT2D eigenvalue weighted by Gasteiger charge is 2.33. The summed E-state index contributed by atoms with van der Waals surface area (Å²) >= 11 is 0. The van der Waals surface area contributed by atoms with Crippen molar-refractivity contribution in [3.05, 3.63) is 23.3 Å². The van der Waals surface area contributed by atoms with Gasteiger partial charge in [0.2, 0.25) is 0 Å². The van der Waals surface area contributed by atoms with Crippen LogP contribution >= 0.6 is 24.0 Å². The Morgan fingerprint density at radius 2 is 1.88 bits per heavy atom. The lowest BCUT2D eigenvalue weighted by Crippen LogP contribution is -2.43. The average molecular weight is 474 g/mol. The molecule has 1 aromatic carbocycles. The Bertz CT molecular complexity index is 638. The minimum absolute atomic E-state index is 0. The lowest BCUT2D eigenvalue weighted by molar-refractivity contribution is 0.256. The molecule has 0 saturated heterocycles. The summed E-state index contributed by atoms with van der Waals surface area (Å²) in [6, 6.07) is 4.82. The van der Waals surface area contributed by atoms with Crippen molar-refractivity contribution in [2.24, 2.45) is 10.9 Å². The van der Waals surface area contributed by atoms with Crippen LogP contribution in [-0.2, 0) is 13.0 Å². The van der Waals surface area contributed by atoms with Crippen molar-refractivity contribution >= 4 is 29.9 Å². The molecule has 0 spiro atoms. The maximum Gasteiger partial charge on any atom is 0.191 e. The van der Waals surface area contributed by atoms with Crippen LogP contribution in [0.1, 0.15) is 24.5 Å². The lowest BCUT2D eigenvalue weighted by atomic mass is 9.99. The highest BCUT2D eigenvalue weighted by atomic mass is 127. The van der Waals surface area contributed by atoms with Crippen LogP contribution in [0, 0.1) is 5.92 Å². The fraction of sp³-hybridized carbons (Fsp3) is 0.632. The molecule has 0 aromatic heterocycles. The molecule has 6 nitrogen and oxygen atoms in total. The molecule has 0 bridgehead atoms. The van der Waals surface area contributed by atoms with Crippen LogP contribution < -0.4 is 20.1 Å². The van der Waals surface area contributed by atoms with Crippen molar-refractivity contribution < 1.29 is 9.47 Å². The number of ether oxygens (including phenoxy) is 2. The summed E-state index contributed by atoms with van der Waals surface area (Å²) in [4.78, 5) is 6.78. The van der Waals surface area contributed by atoms with Gasteiger partial charge in [-0.3, -0.25) is 9.89 Å². The van der Waals surface area contributed by atoms with Gasteiger partial charge in [0, 0.05) is 39.3 Å². The van der Waals surface area contributed by atoms with Gasteiger partial charge in [0.25, 0.3) is 0 Å². The maximum atomic E-state index is 5.44. The normalized spacial score (nSPS) is 22.1. The molecule has 1 aromatic rings. The first-order valence-corrected chi connectivity index (χ1v) is 9.08. The van der Waals surface area contributed by atoms with Gasteiger partial charge in [0.15, 0.2) is 17.5 Å². The van der Waals surface area contributed by atoms with E-state index in [9.17, 15) is 0 Å². The smallest absolute Gasteiger partial charge is 0.191 e. The van der Waals surface area contributed by atoms with Gasteiger partial charge >= 0.3 is 0 Å². The topological polar surface area (TPSA) is 58.1 Å². The largest absolute Gasteiger partial charge is 0.493 e. The molecule has 2 aliphatic rings. The standard InChI is InChI=1S/C19H30N4O2.HI/c1-13-9-16(13)22-19(20-2)21-6-8-23-7-5-14-10-17(24-3)18(25-4)11-15(14)12-23;/h10-11,13,16H,5-9,12H2,1-4H3,(H2,20,21,22);1H. The van der Waals surface area contributed by atoms with Crippen LogP contribution in [-0.4, -0.2) is 57.8 Å². The third-order valence-electron chi connectivity index (χ3n) is 5.17. The third kappa shape index (κ3) is 5.16.